The van der Waals surface area contributed by atoms with Gasteiger partial charge in [0.05, 0.1) is 17.1 Å². The van der Waals surface area contributed by atoms with Gasteiger partial charge in [-0.1, -0.05) is 18.2 Å². The molecule has 2 aromatic carbocycles. The molecule has 0 aliphatic heterocycles. The molecule has 0 heterocycles. The zero-order valence-corrected chi connectivity index (χ0v) is 17.3. The quantitative estimate of drug-likeness (QED) is 0.622. The van der Waals surface area contributed by atoms with Crippen molar-refractivity contribution in [1.29, 1.82) is 0 Å². The lowest BCUT2D eigenvalue weighted by molar-refractivity contribution is 0.0696. The summed E-state index contributed by atoms with van der Waals surface area (Å²) in [4.78, 5) is 13.5. The van der Waals surface area contributed by atoms with Crippen molar-refractivity contribution in [3.05, 3.63) is 53.6 Å². The van der Waals surface area contributed by atoms with Crippen LogP contribution in [0.4, 0.5) is 0 Å². The number of benzene rings is 2. The summed E-state index contributed by atoms with van der Waals surface area (Å²) in [6, 6.07) is 11.9. The van der Waals surface area contributed by atoms with Crippen LogP contribution in [0.15, 0.2) is 47.4 Å². The number of ether oxygens (including phenoxy) is 1. The first kappa shape index (κ1) is 22.0. The second kappa shape index (κ2) is 9.29. The third kappa shape index (κ3) is 5.39. The van der Waals surface area contributed by atoms with Crippen molar-refractivity contribution in [2.75, 3.05) is 34.4 Å². The van der Waals surface area contributed by atoms with Crippen LogP contribution in [0.3, 0.4) is 0 Å². The van der Waals surface area contributed by atoms with Gasteiger partial charge in [0.1, 0.15) is 0 Å². The van der Waals surface area contributed by atoms with Crippen molar-refractivity contribution >= 4 is 16.0 Å². The summed E-state index contributed by atoms with van der Waals surface area (Å²) in [5.74, 6) is -1.19. The summed E-state index contributed by atoms with van der Waals surface area (Å²) in [5.41, 5.74) is 2.24. The van der Waals surface area contributed by atoms with Gasteiger partial charge in [0, 0.05) is 19.7 Å². The monoisotopic (exact) mass is 406 g/mol. The fourth-order valence-electron chi connectivity index (χ4n) is 2.68. The molecule has 2 rings (SSSR count). The van der Waals surface area contributed by atoms with Gasteiger partial charge < -0.3 is 14.7 Å². The Kier molecular flexibility index (Phi) is 7.31. The molecule has 1 atom stereocenters. The number of carbonyl (C=O) groups is 1. The minimum absolute atomic E-state index is 0.0873. The third-order valence-electron chi connectivity index (χ3n) is 4.54. The first-order valence-corrected chi connectivity index (χ1v) is 10.3. The predicted octanol–water partition coefficient (Wildman–Crippen LogP) is 2.60. The van der Waals surface area contributed by atoms with E-state index >= 15 is 0 Å². The Labute approximate surface area is 166 Å². The minimum Gasteiger partial charge on any atom is -0.478 e. The van der Waals surface area contributed by atoms with Crippen molar-refractivity contribution < 1.29 is 23.1 Å². The number of hydrogen-bond donors (Lipinski definition) is 2. The highest BCUT2D eigenvalue weighted by Crippen LogP contribution is 2.28. The van der Waals surface area contributed by atoms with Gasteiger partial charge in [0.2, 0.25) is 10.0 Å². The first-order chi connectivity index (χ1) is 13.2. The zero-order valence-electron chi connectivity index (χ0n) is 16.5. The Hall–Kier alpha value is -2.26. The molecule has 0 aliphatic carbocycles. The van der Waals surface area contributed by atoms with Crippen LogP contribution in [-0.4, -0.2) is 58.8 Å². The van der Waals surface area contributed by atoms with Crippen molar-refractivity contribution in [2.45, 2.75) is 17.9 Å². The molecule has 0 radical (unpaired) electrons. The smallest absolute Gasteiger partial charge is 0.335 e. The average molecular weight is 407 g/mol. The molecule has 0 saturated heterocycles. The molecule has 0 fully saturated rings. The van der Waals surface area contributed by atoms with Crippen molar-refractivity contribution in [1.82, 2.24) is 9.62 Å². The molecule has 2 aromatic rings. The fraction of sp³-hybridized carbons (Fsp3) is 0.350. The van der Waals surface area contributed by atoms with Crippen LogP contribution in [0.2, 0.25) is 0 Å². The Morgan fingerprint density at radius 1 is 1.18 bits per heavy atom. The molecule has 152 valence electrons. The van der Waals surface area contributed by atoms with Gasteiger partial charge in [-0.2, -0.15) is 0 Å². The molecule has 2 N–H and O–H groups in total. The van der Waals surface area contributed by atoms with Gasteiger partial charge in [-0.3, -0.25) is 0 Å². The summed E-state index contributed by atoms with van der Waals surface area (Å²) >= 11 is 0. The fourth-order valence-corrected chi connectivity index (χ4v) is 3.76. The molecule has 8 heteroatoms. The lowest BCUT2D eigenvalue weighted by atomic mass is 9.98. The van der Waals surface area contributed by atoms with Gasteiger partial charge in [-0.25, -0.2) is 17.9 Å². The van der Waals surface area contributed by atoms with Gasteiger partial charge in [0.25, 0.3) is 0 Å². The van der Waals surface area contributed by atoms with Gasteiger partial charge in [-0.15, -0.1) is 0 Å². The normalized spacial score (nSPS) is 12.9. The summed E-state index contributed by atoms with van der Waals surface area (Å²) in [5, 5.41) is 9.43. The second-order valence-corrected chi connectivity index (χ2v) is 8.47. The maximum absolute atomic E-state index is 12.6. The van der Waals surface area contributed by atoms with Crippen molar-refractivity contribution in [3.8, 4) is 11.1 Å². The van der Waals surface area contributed by atoms with E-state index in [4.69, 9.17) is 4.74 Å². The number of nitrogens with zero attached hydrogens (tertiary/aromatic N) is 1. The number of nitrogens with one attached hydrogen (secondary N) is 1. The van der Waals surface area contributed by atoms with E-state index < -0.39 is 16.0 Å². The molecule has 0 bridgehead atoms. The largest absolute Gasteiger partial charge is 0.478 e. The minimum atomic E-state index is -3.86. The standard InChI is InChI=1S/C20H26N2O5S/c1-14(22(2)3)15-6-5-7-16(10-15)17-11-18(20(23)24)13-19(12-17)28(25,26)21-8-9-27-4/h5-7,10-14,21H,8-9H2,1-4H3,(H,23,24)/t14-/m0/s1. The molecule has 0 spiro atoms. The Morgan fingerprint density at radius 3 is 2.50 bits per heavy atom. The van der Waals surface area contributed by atoms with Crippen LogP contribution in [0.5, 0.6) is 0 Å². The summed E-state index contributed by atoms with van der Waals surface area (Å²) < 4.78 is 32.4. The molecular formula is C20H26N2O5S. The van der Waals surface area contributed by atoms with Crippen LogP contribution in [0.25, 0.3) is 11.1 Å². The van der Waals surface area contributed by atoms with Crippen LogP contribution in [-0.2, 0) is 14.8 Å². The topological polar surface area (TPSA) is 95.9 Å². The molecule has 0 aromatic heterocycles. The zero-order chi connectivity index (χ0) is 20.9. The molecule has 0 aliphatic rings. The lowest BCUT2D eigenvalue weighted by Crippen LogP contribution is -2.27. The number of rotatable bonds is 9. The Bertz CT molecular complexity index is 941. The number of hydrogen-bond acceptors (Lipinski definition) is 5. The number of aromatic carboxylic acids is 1. The second-order valence-electron chi connectivity index (χ2n) is 6.71. The van der Waals surface area contributed by atoms with E-state index in [0.29, 0.717) is 5.56 Å². The van der Waals surface area contributed by atoms with Crippen LogP contribution in [0.1, 0.15) is 28.9 Å². The number of sulfonamides is 1. The van der Waals surface area contributed by atoms with Crippen LogP contribution >= 0.6 is 0 Å². The SMILES string of the molecule is COCCNS(=O)(=O)c1cc(C(=O)O)cc(-c2cccc([C@H](C)N(C)C)c2)c1. The van der Waals surface area contributed by atoms with Crippen LogP contribution < -0.4 is 4.72 Å². The predicted molar refractivity (Wildman–Crippen MR) is 108 cm³/mol. The van der Waals surface area contributed by atoms with Gasteiger partial charge >= 0.3 is 5.97 Å². The molecular weight excluding hydrogens is 380 g/mol. The highest BCUT2D eigenvalue weighted by Gasteiger charge is 2.19. The maximum Gasteiger partial charge on any atom is 0.335 e. The summed E-state index contributed by atoms with van der Waals surface area (Å²) in [6.45, 7) is 2.37. The lowest BCUT2D eigenvalue weighted by Gasteiger charge is -2.21. The van der Waals surface area contributed by atoms with E-state index in [1.807, 2.05) is 38.4 Å². The number of carboxylic acids is 1. The van der Waals surface area contributed by atoms with E-state index in [2.05, 4.69) is 16.5 Å². The Morgan fingerprint density at radius 2 is 1.89 bits per heavy atom. The van der Waals surface area contributed by atoms with Crippen molar-refractivity contribution in [3.63, 3.8) is 0 Å². The average Bonchev–Trinajstić information content (AvgIpc) is 2.67. The van der Waals surface area contributed by atoms with Crippen LogP contribution in [0, 0.1) is 0 Å². The summed E-state index contributed by atoms with van der Waals surface area (Å²) in [6.07, 6.45) is 0. The highest BCUT2D eigenvalue weighted by atomic mass is 32.2. The third-order valence-corrected chi connectivity index (χ3v) is 5.98. The maximum atomic E-state index is 12.6. The molecule has 7 nitrogen and oxygen atoms in total. The van der Waals surface area contributed by atoms with E-state index in [-0.39, 0.29) is 29.7 Å². The van der Waals surface area contributed by atoms with E-state index in [9.17, 15) is 18.3 Å². The Balaban J connectivity index is 2.52. The highest BCUT2D eigenvalue weighted by molar-refractivity contribution is 7.89. The van der Waals surface area contributed by atoms with Gasteiger partial charge in [0.15, 0.2) is 0 Å². The molecule has 28 heavy (non-hydrogen) atoms. The van der Waals surface area contributed by atoms with E-state index in [0.717, 1.165) is 17.2 Å². The first-order valence-electron chi connectivity index (χ1n) is 8.79. The van der Waals surface area contributed by atoms with Crippen molar-refractivity contribution in [2.24, 2.45) is 0 Å². The summed E-state index contributed by atoms with van der Waals surface area (Å²) in [7, 11) is 1.55. The number of carboxylic acid groups (broad SMARTS) is 1. The molecule has 0 unspecified atom stereocenters. The number of methoxy groups -OCH3 is 1. The van der Waals surface area contributed by atoms with E-state index in [1.54, 1.807) is 0 Å². The van der Waals surface area contributed by atoms with Gasteiger partial charge in [-0.05, 0) is 62.0 Å². The van der Waals surface area contributed by atoms with E-state index in [1.165, 1.54) is 19.2 Å². The molecule has 0 amide bonds. The molecule has 0 saturated carbocycles.